The minimum atomic E-state index is 0.144. The third kappa shape index (κ3) is 2.30. The van der Waals surface area contributed by atoms with Crippen LogP contribution in [-0.4, -0.2) is 30.0 Å². The van der Waals surface area contributed by atoms with Gasteiger partial charge < -0.3 is 9.64 Å². The Morgan fingerprint density at radius 3 is 2.55 bits per heavy atom. The van der Waals surface area contributed by atoms with Gasteiger partial charge in [0.05, 0.1) is 5.56 Å². The minimum Gasteiger partial charge on any atom is -0.489 e. The summed E-state index contributed by atoms with van der Waals surface area (Å²) in [5.74, 6) is 1.33. The highest BCUT2D eigenvalue weighted by molar-refractivity contribution is 5.97. The maximum atomic E-state index is 12.8. The van der Waals surface area contributed by atoms with E-state index in [1.54, 1.807) is 0 Å². The molecule has 2 unspecified atom stereocenters. The number of hydrogen-bond acceptors (Lipinski definition) is 2. The average Bonchev–Trinajstić information content (AvgIpc) is 2.67. The molecule has 0 radical (unpaired) electrons. The second-order valence-corrected chi connectivity index (χ2v) is 6.04. The summed E-state index contributed by atoms with van der Waals surface area (Å²) in [6.07, 6.45) is 4.87. The molecule has 3 heteroatoms. The van der Waals surface area contributed by atoms with E-state index in [1.165, 1.54) is 18.4 Å². The lowest BCUT2D eigenvalue weighted by atomic mass is 9.96. The highest BCUT2D eigenvalue weighted by Crippen LogP contribution is 2.40. The van der Waals surface area contributed by atoms with E-state index in [9.17, 15) is 4.79 Å². The van der Waals surface area contributed by atoms with Crippen molar-refractivity contribution in [3.8, 4) is 5.75 Å². The number of hydrogen-bond donors (Lipinski definition) is 0. The Labute approximate surface area is 120 Å². The molecule has 0 saturated carbocycles. The summed E-state index contributed by atoms with van der Waals surface area (Å²) in [6, 6.07) is 5.99. The smallest absolute Gasteiger partial charge is 0.257 e. The summed E-state index contributed by atoms with van der Waals surface area (Å²) in [7, 11) is 0. The van der Waals surface area contributed by atoms with Crippen molar-refractivity contribution in [1.82, 2.24) is 4.90 Å². The lowest BCUT2D eigenvalue weighted by Gasteiger charge is -2.21. The van der Waals surface area contributed by atoms with Gasteiger partial charge in [0.15, 0.2) is 0 Å². The normalized spacial score (nSPS) is 25.8. The van der Waals surface area contributed by atoms with Gasteiger partial charge in [-0.05, 0) is 25.8 Å². The Kier molecular flexibility index (Phi) is 3.68. The molecule has 1 saturated heterocycles. The maximum Gasteiger partial charge on any atom is 0.257 e. The van der Waals surface area contributed by atoms with Gasteiger partial charge in [-0.15, -0.1) is 0 Å². The van der Waals surface area contributed by atoms with E-state index >= 15 is 0 Å². The van der Waals surface area contributed by atoms with Crippen LogP contribution in [0.25, 0.3) is 0 Å². The molecule has 2 aliphatic heterocycles. The molecule has 0 spiro atoms. The Morgan fingerprint density at radius 1 is 1.15 bits per heavy atom. The fourth-order valence-corrected chi connectivity index (χ4v) is 3.20. The molecule has 0 N–H and O–H groups in total. The van der Waals surface area contributed by atoms with Crippen LogP contribution in [0.5, 0.6) is 5.75 Å². The summed E-state index contributed by atoms with van der Waals surface area (Å²) < 4.78 is 5.95. The fourth-order valence-electron chi connectivity index (χ4n) is 3.20. The van der Waals surface area contributed by atoms with Gasteiger partial charge in [-0.3, -0.25) is 4.79 Å². The van der Waals surface area contributed by atoms with E-state index in [4.69, 9.17) is 4.74 Å². The molecule has 108 valence electrons. The van der Waals surface area contributed by atoms with Crippen molar-refractivity contribution in [1.29, 1.82) is 0 Å². The zero-order valence-corrected chi connectivity index (χ0v) is 12.4. The van der Waals surface area contributed by atoms with Crippen LogP contribution in [0.2, 0.25) is 0 Å². The Balaban J connectivity index is 1.89. The van der Waals surface area contributed by atoms with E-state index in [-0.39, 0.29) is 12.0 Å². The summed E-state index contributed by atoms with van der Waals surface area (Å²) in [6.45, 7) is 6.00. The number of benzene rings is 1. The summed E-state index contributed by atoms with van der Waals surface area (Å²) in [4.78, 5) is 14.8. The molecule has 0 bridgehead atoms. The second-order valence-electron chi connectivity index (χ2n) is 6.04. The quantitative estimate of drug-likeness (QED) is 0.782. The lowest BCUT2D eigenvalue weighted by molar-refractivity contribution is 0.0756. The molecule has 3 nitrogen and oxygen atoms in total. The molecule has 0 aromatic heterocycles. The first-order valence-corrected chi connectivity index (χ1v) is 7.77. The third-order valence-electron chi connectivity index (χ3n) is 4.67. The Bertz CT molecular complexity index is 504. The number of para-hydroxylation sites is 1. The van der Waals surface area contributed by atoms with Gasteiger partial charge in [0.1, 0.15) is 11.9 Å². The largest absolute Gasteiger partial charge is 0.489 e. The topological polar surface area (TPSA) is 29.5 Å². The maximum absolute atomic E-state index is 12.8. The average molecular weight is 273 g/mol. The van der Waals surface area contributed by atoms with Gasteiger partial charge >= 0.3 is 0 Å². The fraction of sp³-hybridized carbons (Fsp3) is 0.588. The van der Waals surface area contributed by atoms with Crippen molar-refractivity contribution in [3.05, 3.63) is 29.3 Å². The van der Waals surface area contributed by atoms with E-state index < -0.39 is 0 Å². The number of rotatable bonds is 1. The second kappa shape index (κ2) is 5.47. The SMILES string of the molecule is CC1Oc2c(C(=O)N3CCCCCC3)cccc2C1C. The molecular weight excluding hydrogens is 250 g/mol. The first kappa shape index (κ1) is 13.5. The zero-order valence-electron chi connectivity index (χ0n) is 12.4. The van der Waals surface area contributed by atoms with E-state index in [0.717, 1.165) is 37.2 Å². The van der Waals surface area contributed by atoms with Crippen molar-refractivity contribution >= 4 is 5.91 Å². The number of fused-ring (bicyclic) bond motifs is 1. The van der Waals surface area contributed by atoms with Crippen molar-refractivity contribution in [2.45, 2.75) is 51.6 Å². The van der Waals surface area contributed by atoms with Crippen LogP contribution in [0.15, 0.2) is 18.2 Å². The van der Waals surface area contributed by atoms with Crippen LogP contribution >= 0.6 is 0 Å². The van der Waals surface area contributed by atoms with Crippen molar-refractivity contribution in [3.63, 3.8) is 0 Å². The van der Waals surface area contributed by atoms with Crippen LogP contribution in [0.1, 0.15) is 61.4 Å². The first-order valence-electron chi connectivity index (χ1n) is 7.77. The predicted molar refractivity (Wildman–Crippen MR) is 79.3 cm³/mol. The molecule has 0 aliphatic carbocycles. The number of carbonyl (C=O) groups excluding carboxylic acids is 1. The van der Waals surface area contributed by atoms with Crippen LogP contribution in [0.4, 0.5) is 0 Å². The number of nitrogens with zero attached hydrogens (tertiary/aromatic N) is 1. The molecule has 2 atom stereocenters. The van der Waals surface area contributed by atoms with Gasteiger partial charge in [0.2, 0.25) is 0 Å². The lowest BCUT2D eigenvalue weighted by Crippen LogP contribution is -2.32. The number of ether oxygens (including phenoxy) is 1. The van der Waals surface area contributed by atoms with Crippen molar-refractivity contribution in [2.24, 2.45) is 0 Å². The van der Waals surface area contributed by atoms with E-state index in [0.29, 0.717) is 5.92 Å². The third-order valence-corrected chi connectivity index (χ3v) is 4.67. The van der Waals surface area contributed by atoms with Gasteiger partial charge in [0, 0.05) is 24.6 Å². The minimum absolute atomic E-state index is 0.144. The summed E-state index contributed by atoms with van der Waals surface area (Å²) in [5.41, 5.74) is 1.93. The van der Waals surface area contributed by atoms with Crippen LogP contribution in [0.3, 0.4) is 0 Å². The molecule has 20 heavy (non-hydrogen) atoms. The van der Waals surface area contributed by atoms with Crippen molar-refractivity contribution < 1.29 is 9.53 Å². The highest BCUT2D eigenvalue weighted by atomic mass is 16.5. The van der Waals surface area contributed by atoms with Gasteiger partial charge in [-0.25, -0.2) is 0 Å². The first-order chi connectivity index (χ1) is 9.68. The molecular formula is C17H23NO2. The zero-order chi connectivity index (χ0) is 14.1. The molecule has 1 aromatic rings. The summed E-state index contributed by atoms with van der Waals surface area (Å²) in [5, 5.41) is 0. The molecule has 2 heterocycles. The van der Waals surface area contributed by atoms with Gasteiger partial charge in [-0.1, -0.05) is 31.9 Å². The Morgan fingerprint density at radius 2 is 1.85 bits per heavy atom. The predicted octanol–water partition coefficient (Wildman–Crippen LogP) is 3.59. The van der Waals surface area contributed by atoms with Gasteiger partial charge in [0.25, 0.3) is 5.91 Å². The number of amides is 1. The highest BCUT2D eigenvalue weighted by Gasteiger charge is 2.32. The van der Waals surface area contributed by atoms with Crippen molar-refractivity contribution in [2.75, 3.05) is 13.1 Å². The standard InChI is InChI=1S/C17H23NO2/c1-12-13(2)20-16-14(12)8-7-9-15(16)17(19)18-10-5-3-4-6-11-18/h7-9,12-13H,3-6,10-11H2,1-2H3. The monoisotopic (exact) mass is 273 g/mol. The van der Waals surface area contributed by atoms with Crippen LogP contribution in [0, 0.1) is 0 Å². The van der Waals surface area contributed by atoms with E-state index in [2.05, 4.69) is 19.9 Å². The molecule has 2 aliphatic rings. The molecule has 1 amide bonds. The molecule has 1 fully saturated rings. The van der Waals surface area contributed by atoms with E-state index in [1.807, 2.05) is 17.0 Å². The van der Waals surface area contributed by atoms with Gasteiger partial charge in [-0.2, -0.15) is 0 Å². The summed E-state index contributed by atoms with van der Waals surface area (Å²) >= 11 is 0. The number of carbonyl (C=O) groups is 1. The molecule has 3 rings (SSSR count). The molecule has 1 aromatic carbocycles. The van der Waals surface area contributed by atoms with Crippen LogP contribution in [-0.2, 0) is 0 Å². The Hall–Kier alpha value is -1.51. The van der Waals surface area contributed by atoms with Crippen LogP contribution < -0.4 is 4.74 Å². The number of likely N-dealkylation sites (tertiary alicyclic amines) is 1.